The molecule has 222 valence electrons. The summed E-state index contributed by atoms with van der Waals surface area (Å²) in [4.78, 5) is 33.6. The highest BCUT2D eigenvalue weighted by Gasteiger charge is 2.33. The third-order valence-electron chi connectivity index (χ3n) is 6.65. The zero-order valence-corrected chi connectivity index (χ0v) is 27.6. The maximum Gasteiger partial charge on any atom is 0.338 e. The summed E-state index contributed by atoms with van der Waals surface area (Å²) in [6.45, 7) is 5.57. The number of carbonyl (C=O) groups excluding carboxylic acids is 1. The van der Waals surface area contributed by atoms with Crippen molar-refractivity contribution < 1.29 is 14.3 Å². The quantitative estimate of drug-likeness (QED) is 0.144. The number of hydrogen-bond donors (Lipinski definition) is 0. The zero-order chi connectivity index (χ0) is 30.8. The Morgan fingerprint density at radius 2 is 1.81 bits per heavy atom. The third kappa shape index (κ3) is 6.89. The van der Waals surface area contributed by atoms with Crippen LogP contribution in [0.4, 0.5) is 0 Å². The Balaban J connectivity index is 1.60. The van der Waals surface area contributed by atoms with Crippen LogP contribution in [0, 0.1) is 0 Å². The van der Waals surface area contributed by atoms with Crippen molar-refractivity contribution in [3.05, 3.63) is 123 Å². The molecule has 5 rings (SSSR count). The molecule has 0 N–H and O–H groups in total. The second kappa shape index (κ2) is 13.3. The van der Waals surface area contributed by atoms with Gasteiger partial charge >= 0.3 is 5.97 Å². The average molecular weight is 674 g/mol. The van der Waals surface area contributed by atoms with Crippen molar-refractivity contribution in [2.45, 2.75) is 44.4 Å². The molecule has 3 aromatic carbocycles. The van der Waals surface area contributed by atoms with Gasteiger partial charge in [0.05, 0.1) is 38.0 Å². The lowest BCUT2D eigenvalue weighted by molar-refractivity contribution is -0.143. The topological polar surface area (TPSA) is 69.9 Å². The maximum absolute atomic E-state index is 14.1. The number of nitrogens with zero attached hydrogens (tertiary/aromatic N) is 2. The minimum absolute atomic E-state index is 0.229. The van der Waals surface area contributed by atoms with Crippen molar-refractivity contribution in [1.82, 2.24) is 4.57 Å². The van der Waals surface area contributed by atoms with Crippen LogP contribution in [0.5, 0.6) is 5.75 Å². The number of carbonyl (C=O) groups is 1. The predicted molar refractivity (Wildman–Crippen MR) is 175 cm³/mol. The molecule has 0 amide bonds. The van der Waals surface area contributed by atoms with E-state index in [1.54, 1.807) is 73.5 Å². The molecule has 0 unspecified atom stereocenters. The first-order valence-electron chi connectivity index (χ1n) is 13.3. The highest BCUT2D eigenvalue weighted by molar-refractivity contribution is 7.98. The second-order valence-corrected chi connectivity index (χ2v) is 13.2. The van der Waals surface area contributed by atoms with Crippen molar-refractivity contribution in [2.24, 2.45) is 4.99 Å². The van der Waals surface area contributed by atoms with E-state index in [2.05, 4.69) is 4.99 Å². The highest BCUT2D eigenvalue weighted by atomic mass is 35.5. The van der Waals surface area contributed by atoms with E-state index < -0.39 is 12.0 Å². The first-order chi connectivity index (χ1) is 20.5. The van der Waals surface area contributed by atoms with E-state index in [-0.39, 0.29) is 18.3 Å². The molecule has 0 saturated heterocycles. The van der Waals surface area contributed by atoms with E-state index in [4.69, 9.17) is 44.3 Å². The minimum Gasteiger partial charge on any atom is -0.488 e. The largest absolute Gasteiger partial charge is 0.488 e. The Kier molecular flexibility index (Phi) is 9.73. The van der Waals surface area contributed by atoms with E-state index in [1.807, 2.05) is 36.6 Å². The van der Waals surface area contributed by atoms with Crippen LogP contribution in [0.25, 0.3) is 6.08 Å². The van der Waals surface area contributed by atoms with Gasteiger partial charge in [-0.05, 0) is 86.7 Å². The number of thiazole rings is 1. The van der Waals surface area contributed by atoms with Gasteiger partial charge in [-0.2, -0.15) is 0 Å². The SMILES string of the molecule is CSc1ccc([C@H]2C(C(=O)OC(C)C)=C(C)N=c3s/c(=C\c4cc(Cl)ccc4OCc4ccc(Cl)c(Cl)c4)c(=O)n32)cc1. The number of thioether (sulfide) groups is 1. The van der Waals surface area contributed by atoms with Crippen molar-refractivity contribution in [3.63, 3.8) is 0 Å². The van der Waals surface area contributed by atoms with Gasteiger partial charge in [0.2, 0.25) is 0 Å². The summed E-state index contributed by atoms with van der Waals surface area (Å²) in [5.74, 6) is 0.0280. The van der Waals surface area contributed by atoms with Crippen molar-refractivity contribution in [2.75, 3.05) is 6.26 Å². The van der Waals surface area contributed by atoms with Gasteiger partial charge in [0.15, 0.2) is 4.80 Å². The van der Waals surface area contributed by atoms with Crippen LogP contribution in [-0.4, -0.2) is 22.9 Å². The normalized spacial score (nSPS) is 15.0. The van der Waals surface area contributed by atoms with Crippen LogP contribution in [0.2, 0.25) is 15.1 Å². The van der Waals surface area contributed by atoms with Gasteiger partial charge in [0, 0.05) is 15.5 Å². The van der Waals surface area contributed by atoms with E-state index in [1.165, 1.54) is 11.3 Å². The van der Waals surface area contributed by atoms with Gasteiger partial charge in [-0.1, -0.05) is 64.3 Å². The summed E-state index contributed by atoms with van der Waals surface area (Å²) in [5, 5.41) is 1.38. The fourth-order valence-corrected chi connectivity index (χ4v) is 6.60. The number of ether oxygens (including phenoxy) is 2. The molecular weight excluding hydrogens is 647 g/mol. The number of hydrogen-bond acceptors (Lipinski definition) is 7. The monoisotopic (exact) mass is 672 g/mol. The molecule has 1 aromatic heterocycles. The van der Waals surface area contributed by atoms with Crippen LogP contribution in [-0.2, 0) is 16.1 Å². The van der Waals surface area contributed by atoms with Gasteiger partial charge in [-0.25, -0.2) is 9.79 Å². The molecule has 1 aliphatic rings. The molecule has 4 aromatic rings. The first-order valence-corrected chi connectivity index (χ1v) is 16.5. The molecule has 1 aliphatic heterocycles. The first kappa shape index (κ1) is 31.4. The molecule has 2 heterocycles. The number of allylic oxidation sites excluding steroid dienone is 1. The van der Waals surface area contributed by atoms with Crippen LogP contribution in [0.3, 0.4) is 0 Å². The Labute approximate surface area is 272 Å². The van der Waals surface area contributed by atoms with E-state index in [0.717, 1.165) is 16.0 Å². The number of halogens is 3. The summed E-state index contributed by atoms with van der Waals surface area (Å²) < 4.78 is 13.7. The fourth-order valence-electron chi connectivity index (χ4n) is 4.66. The Bertz CT molecular complexity index is 1910. The van der Waals surface area contributed by atoms with Crippen LogP contribution in [0.15, 0.2) is 86.6 Å². The van der Waals surface area contributed by atoms with Gasteiger partial charge in [0.25, 0.3) is 5.56 Å². The lowest BCUT2D eigenvalue weighted by Gasteiger charge is -2.25. The summed E-state index contributed by atoms with van der Waals surface area (Å²) in [6.07, 6.45) is 3.40. The summed E-state index contributed by atoms with van der Waals surface area (Å²) in [5.41, 5.74) is 2.78. The van der Waals surface area contributed by atoms with E-state index in [9.17, 15) is 9.59 Å². The third-order valence-corrected chi connectivity index (χ3v) is 9.35. The molecule has 0 bridgehead atoms. The summed E-state index contributed by atoms with van der Waals surface area (Å²) in [7, 11) is 0. The Hall–Kier alpha value is -3.01. The minimum atomic E-state index is -0.703. The number of benzene rings is 3. The average Bonchev–Trinajstić information content (AvgIpc) is 3.27. The standard InChI is InChI=1S/C32H27Cl3N2O4S2/c1-17(2)41-31(39)28-18(3)36-32-37(29(28)20-6-9-23(42-4)10-7-20)30(38)27(43-32)15-21-14-22(33)8-12-26(21)40-16-19-5-11-24(34)25(35)13-19/h5-15,17,29H,16H2,1-4H3/b27-15-/t29-/m0/s1. The van der Waals surface area contributed by atoms with E-state index in [0.29, 0.717) is 47.0 Å². The van der Waals surface area contributed by atoms with Crippen molar-refractivity contribution >= 4 is 69.9 Å². The Morgan fingerprint density at radius 3 is 2.49 bits per heavy atom. The smallest absolute Gasteiger partial charge is 0.338 e. The van der Waals surface area contributed by atoms with Crippen molar-refractivity contribution in [1.29, 1.82) is 0 Å². The van der Waals surface area contributed by atoms with Gasteiger partial charge in [-0.3, -0.25) is 9.36 Å². The predicted octanol–water partition coefficient (Wildman–Crippen LogP) is 7.45. The molecule has 0 saturated carbocycles. The van der Waals surface area contributed by atoms with Crippen LogP contribution in [0.1, 0.15) is 43.5 Å². The van der Waals surface area contributed by atoms with Crippen LogP contribution < -0.4 is 19.6 Å². The van der Waals surface area contributed by atoms with Gasteiger partial charge < -0.3 is 9.47 Å². The number of esters is 1. The molecule has 0 radical (unpaired) electrons. The summed E-state index contributed by atoms with van der Waals surface area (Å²) in [6, 6.07) is 17.6. The lowest BCUT2D eigenvalue weighted by Crippen LogP contribution is -2.40. The van der Waals surface area contributed by atoms with Gasteiger partial charge in [0.1, 0.15) is 12.4 Å². The molecule has 43 heavy (non-hydrogen) atoms. The number of fused-ring (bicyclic) bond motifs is 1. The van der Waals surface area contributed by atoms with Gasteiger partial charge in [-0.15, -0.1) is 11.8 Å². The fraction of sp³-hybridized carbons (Fsp3) is 0.219. The molecule has 1 atom stereocenters. The van der Waals surface area contributed by atoms with E-state index >= 15 is 0 Å². The molecule has 6 nitrogen and oxygen atoms in total. The Morgan fingerprint density at radius 1 is 1.07 bits per heavy atom. The number of aromatic nitrogens is 1. The molecule has 0 fully saturated rings. The summed E-state index contributed by atoms with van der Waals surface area (Å²) >= 11 is 21.4. The van der Waals surface area contributed by atoms with Crippen LogP contribution >= 0.6 is 57.9 Å². The molecular formula is C32H27Cl3N2O4S2. The molecule has 11 heteroatoms. The van der Waals surface area contributed by atoms with Crippen molar-refractivity contribution in [3.8, 4) is 5.75 Å². The molecule has 0 spiro atoms. The second-order valence-electron chi connectivity index (χ2n) is 10.0. The highest BCUT2D eigenvalue weighted by Crippen LogP contribution is 2.32. The zero-order valence-electron chi connectivity index (χ0n) is 23.7. The molecule has 0 aliphatic carbocycles. The number of rotatable bonds is 8. The maximum atomic E-state index is 14.1. The lowest BCUT2D eigenvalue weighted by atomic mass is 9.96.